The highest BCUT2D eigenvalue weighted by Gasteiger charge is 2.40. The molecule has 0 saturated heterocycles. The molecule has 0 bridgehead atoms. The molecule has 0 aliphatic rings. The second kappa shape index (κ2) is 14.7. The molecule has 0 fully saturated rings. The van der Waals surface area contributed by atoms with E-state index in [2.05, 4.69) is 0 Å². The van der Waals surface area contributed by atoms with E-state index in [1.165, 1.54) is 26.2 Å². The third kappa shape index (κ3) is 6.30. The summed E-state index contributed by atoms with van der Waals surface area (Å²) < 4.78 is 43.3. The largest absolute Gasteiger partial charge is 0.506 e. The molecule has 0 aliphatic carbocycles. The van der Waals surface area contributed by atoms with E-state index in [0.717, 1.165) is 0 Å². The maximum absolute atomic E-state index is 16.1. The first-order valence-corrected chi connectivity index (χ1v) is 19.8. The molecule has 6 aromatic rings. The van der Waals surface area contributed by atoms with E-state index in [1.807, 2.05) is 24.3 Å². The van der Waals surface area contributed by atoms with Crippen molar-refractivity contribution in [2.24, 2.45) is 0 Å². The SMILES string of the molecule is COC(=O)C(C)Oc1c(Cl)ccc(P(=O)(c2ccccc2)c2ccccc2)c1-c1c(P(=O)(c2ccccc2)c2ccccc2)ccc(Cl)c1O. The van der Waals surface area contributed by atoms with Gasteiger partial charge in [0, 0.05) is 43.0 Å². The van der Waals surface area contributed by atoms with Gasteiger partial charge in [-0.1, -0.05) is 145 Å². The Hall–Kier alpha value is -4.57. The quantitative estimate of drug-likeness (QED) is 0.115. The number of phenolic OH excluding ortho intramolecular Hbond substituents is 1. The fourth-order valence-electron chi connectivity index (χ4n) is 6.03. The minimum absolute atomic E-state index is 0.00481. The Kier molecular flexibility index (Phi) is 10.4. The number of methoxy groups -OCH3 is 1. The Balaban J connectivity index is 1.82. The number of halogens is 2. The van der Waals surface area contributed by atoms with E-state index >= 15 is 9.13 Å². The lowest BCUT2D eigenvalue weighted by Gasteiger charge is -2.29. The molecule has 10 heteroatoms. The molecule has 0 amide bonds. The van der Waals surface area contributed by atoms with Crippen molar-refractivity contribution in [3.8, 4) is 22.6 Å². The molecule has 1 unspecified atom stereocenters. The summed E-state index contributed by atoms with van der Waals surface area (Å²) in [4.78, 5) is 12.8. The van der Waals surface area contributed by atoms with Crippen LogP contribution in [-0.4, -0.2) is 24.3 Å². The van der Waals surface area contributed by atoms with Crippen LogP contribution in [0.25, 0.3) is 11.1 Å². The number of ether oxygens (including phenoxy) is 2. The topological polar surface area (TPSA) is 89.9 Å². The highest BCUT2D eigenvalue weighted by Crippen LogP contribution is 2.54. The molecular formula is C40H32Cl2O6P2. The summed E-state index contributed by atoms with van der Waals surface area (Å²) in [5.41, 5.74) is 0.0802. The zero-order valence-electron chi connectivity index (χ0n) is 27.1. The third-order valence-electron chi connectivity index (χ3n) is 8.43. The van der Waals surface area contributed by atoms with Crippen LogP contribution >= 0.6 is 37.5 Å². The number of benzene rings is 6. The van der Waals surface area contributed by atoms with Crippen LogP contribution in [0.4, 0.5) is 0 Å². The molecule has 252 valence electrons. The zero-order chi connectivity index (χ0) is 35.5. The Labute approximate surface area is 301 Å². The second-order valence-corrected chi connectivity index (χ2v) is 17.7. The standard InChI is InChI=1S/C40H32Cl2O6P2/c1-27(40(44)47-2)48-39-33(42)24-26-35(50(46,30-19-11-5-12-20-30)31-21-13-6-14-22-31)37(39)36-34(25-23-32(41)38(36)43)49(45,28-15-7-3-8-16-28)29-17-9-4-10-18-29/h3-27,43H,1-2H3. The van der Waals surface area contributed by atoms with Crippen LogP contribution in [-0.2, 0) is 18.7 Å². The molecule has 0 aromatic heterocycles. The number of rotatable bonds is 10. The molecule has 0 radical (unpaired) electrons. The van der Waals surface area contributed by atoms with Gasteiger partial charge in [-0.25, -0.2) is 4.79 Å². The predicted molar refractivity (Wildman–Crippen MR) is 204 cm³/mol. The molecule has 1 atom stereocenters. The van der Waals surface area contributed by atoms with Crippen molar-refractivity contribution in [1.82, 2.24) is 0 Å². The number of hydrogen-bond donors (Lipinski definition) is 1. The van der Waals surface area contributed by atoms with Gasteiger partial charge in [0.25, 0.3) is 0 Å². The van der Waals surface area contributed by atoms with Gasteiger partial charge in [-0.2, -0.15) is 0 Å². The van der Waals surface area contributed by atoms with Gasteiger partial charge in [-0.3, -0.25) is 0 Å². The lowest BCUT2D eigenvalue weighted by atomic mass is 10.0. The number of carbonyl (C=O) groups excluding carboxylic acids is 1. The monoisotopic (exact) mass is 740 g/mol. The smallest absolute Gasteiger partial charge is 0.346 e. The number of esters is 1. The van der Waals surface area contributed by atoms with Crippen molar-refractivity contribution in [2.75, 3.05) is 7.11 Å². The highest BCUT2D eigenvalue weighted by molar-refractivity contribution is 7.86. The Morgan fingerprint density at radius 3 is 1.32 bits per heavy atom. The van der Waals surface area contributed by atoms with Crippen LogP contribution < -0.4 is 36.6 Å². The molecule has 0 heterocycles. The van der Waals surface area contributed by atoms with Crippen LogP contribution in [0.5, 0.6) is 11.5 Å². The Morgan fingerprint density at radius 2 is 0.940 bits per heavy atom. The minimum Gasteiger partial charge on any atom is -0.506 e. The first kappa shape index (κ1) is 35.3. The van der Waals surface area contributed by atoms with Crippen molar-refractivity contribution >= 4 is 75.3 Å². The average Bonchev–Trinajstić information content (AvgIpc) is 3.17. The first-order valence-electron chi connectivity index (χ1n) is 15.6. The molecule has 0 spiro atoms. The summed E-state index contributed by atoms with van der Waals surface area (Å²) in [6, 6.07) is 42.0. The van der Waals surface area contributed by atoms with E-state index in [1.54, 1.807) is 109 Å². The molecule has 6 aromatic carbocycles. The molecule has 0 aliphatic heterocycles. The van der Waals surface area contributed by atoms with E-state index in [0.29, 0.717) is 21.2 Å². The van der Waals surface area contributed by atoms with E-state index in [4.69, 9.17) is 32.7 Å². The van der Waals surface area contributed by atoms with Gasteiger partial charge in [-0.05, 0) is 31.2 Å². The summed E-state index contributed by atoms with van der Waals surface area (Å²) in [5.74, 6) is -1.19. The Bertz CT molecular complexity index is 2160. The van der Waals surface area contributed by atoms with E-state index in [9.17, 15) is 9.90 Å². The van der Waals surface area contributed by atoms with Gasteiger partial charge in [0.15, 0.2) is 20.4 Å². The summed E-state index contributed by atoms with van der Waals surface area (Å²) >= 11 is 13.6. The summed E-state index contributed by atoms with van der Waals surface area (Å²) in [5, 5.41) is 14.4. The molecule has 6 rings (SSSR count). The van der Waals surface area contributed by atoms with Crippen LogP contribution in [0.15, 0.2) is 146 Å². The van der Waals surface area contributed by atoms with Gasteiger partial charge >= 0.3 is 5.97 Å². The van der Waals surface area contributed by atoms with E-state index in [-0.39, 0.29) is 37.5 Å². The second-order valence-electron chi connectivity index (χ2n) is 11.4. The summed E-state index contributed by atoms with van der Waals surface area (Å²) in [6.07, 6.45) is -1.18. The molecule has 50 heavy (non-hydrogen) atoms. The molecule has 1 N–H and O–H groups in total. The zero-order valence-corrected chi connectivity index (χ0v) is 30.4. The third-order valence-corrected chi connectivity index (χ3v) is 15.2. The van der Waals surface area contributed by atoms with Gasteiger partial charge < -0.3 is 23.7 Å². The van der Waals surface area contributed by atoms with Crippen LogP contribution in [0.2, 0.25) is 10.0 Å². The van der Waals surface area contributed by atoms with Crippen molar-refractivity contribution in [3.63, 3.8) is 0 Å². The number of aromatic hydroxyl groups is 1. The fraction of sp³-hybridized carbons (Fsp3) is 0.0750. The van der Waals surface area contributed by atoms with Gasteiger partial charge in [0.2, 0.25) is 0 Å². The number of hydrogen-bond acceptors (Lipinski definition) is 6. The fourth-order valence-corrected chi connectivity index (χ4v) is 12.1. The van der Waals surface area contributed by atoms with Gasteiger partial charge in [0.05, 0.1) is 17.2 Å². The van der Waals surface area contributed by atoms with Crippen LogP contribution in [0.1, 0.15) is 6.92 Å². The maximum Gasteiger partial charge on any atom is 0.346 e. The number of carbonyl (C=O) groups is 1. The predicted octanol–water partition coefficient (Wildman–Crippen LogP) is 7.59. The van der Waals surface area contributed by atoms with Crippen molar-refractivity contribution in [2.45, 2.75) is 13.0 Å². The Morgan fingerprint density at radius 1 is 0.580 bits per heavy atom. The first-order chi connectivity index (χ1) is 24.1. The summed E-state index contributed by atoms with van der Waals surface area (Å²) in [7, 11) is -6.45. The lowest BCUT2D eigenvalue weighted by Crippen LogP contribution is -2.31. The van der Waals surface area contributed by atoms with Gasteiger partial charge in [-0.15, -0.1) is 0 Å². The average molecular weight is 742 g/mol. The van der Waals surface area contributed by atoms with Crippen LogP contribution in [0.3, 0.4) is 0 Å². The normalized spacial score (nSPS) is 12.2. The van der Waals surface area contributed by atoms with E-state index < -0.39 is 32.1 Å². The van der Waals surface area contributed by atoms with Crippen LogP contribution in [0, 0.1) is 0 Å². The molecular weight excluding hydrogens is 709 g/mol. The summed E-state index contributed by atoms with van der Waals surface area (Å²) in [6.45, 7) is 1.49. The van der Waals surface area contributed by atoms with Crippen molar-refractivity contribution < 1.29 is 28.5 Å². The minimum atomic E-state index is -3.85. The lowest BCUT2D eigenvalue weighted by molar-refractivity contribution is -0.147. The number of phenols is 1. The van der Waals surface area contributed by atoms with Crippen molar-refractivity contribution in [1.29, 1.82) is 0 Å². The van der Waals surface area contributed by atoms with Crippen molar-refractivity contribution in [3.05, 3.63) is 156 Å². The highest BCUT2D eigenvalue weighted by atomic mass is 35.5. The molecule has 0 saturated carbocycles. The van der Waals surface area contributed by atoms with Gasteiger partial charge in [0.1, 0.15) is 11.5 Å². The maximum atomic E-state index is 16.1. The molecule has 6 nitrogen and oxygen atoms in total.